The van der Waals surface area contributed by atoms with Crippen LogP contribution in [0.4, 0.5) is 5.82 Å². The molecule has 1 amide bonds. The number of aromatic nitrogens is 1. The SMILES string of the molecule is CCNS(=O)(=O)c1cccc(C2=CC(C(=O)NC3CCN(C)CC3)=C(C)C3Nc4ncc(C)cc4C23)c1. The molecule has 2 atom stereocenters. The maximum atomic E-state index is 13.6. The number of fused-ring (bicyclic) bond motifs is 3. The summed E-state index contributed by atoms with van der Waals surface area (Å²) in [4.78, 5) is 20.7. The van der Waals surface area contributed by atoms with E-state index in [1.54, 1.807) is 25.1 Å². The number of benzene rings is 1. The van der Waals surface area contributed by atoms with Crippen LogP contribution in [-0.2, 0) is 14.8 Å². The van der Waals surface area contributed by atoms with Crippen LogP contribution in [0.1, 0.15) is 49.3 Å². The summed E-state index contributed by atoms with van der Waals surface area (Å²) in [5.41, 5.74) is 5.40. The first-order valence-corrected chi connectivity index (χ1v) is 14.4. The molecule has 37 heavy (non-hydrogen) atoms. The third-order valence-corrected chi connectivity index (χ3v) is 9.19. The summed E-state index contributed by atoms with van der Waals surface area (Å²) in [5, 5.41) is 6.80. The monoisotopic (exact) mass is 521 g/mol. The second kappa shape index (κ2) is 10.0. The molecule has 2 aliphatic heterocycles. The van der Waals surface area contributed by atoms with E-state index in [-0.39, 0.29) is 28.8 Å². The standard InChI is InChI=1S/C28H35N5O3S/c1-5-30-37(35,36)21-8-6-7-19(14-21)23-15-22(28(34)31-20-9-11-33(4)12-10-20)18(3)26-25(23)24-13-17(2)16-29-27(24)32-26/h6-8,13-16,20,25-26,30H,5,9-12H2,1-4H3,(H,29,32)(H,31,34). The van der Waals surface area contributed by atoms with E-state index in [2.05, 4.69) is 38.4 Å². The lowest BCUT2D eigenvalue weighted by molar-refractivity contribution is -0.118. The number of hydrogen-bond acceptors (Lipinski definition) is 6. The molecule has 9 heteroatoms. The summed E-state index contributed by atoms with van der Waals surface area (Å²) in [5.74, 6) is 0.639. The Morgan fingerprint density at radius 1 is 1.19 bits per heavy atom. The lowest BCUT2D eigenvalue weighted by Crippen LogP contribution is -2.44. The van der Waals surface area contributed by atoms with Crippen molar-refractivity contribution < 1.29 is 13.2 Å². The number of aryl methyl sites for hydroxylation is 1. The van der Waals surface area contributed by atoms with Crippen LogP contribution in [0.3, 0.4) is 0 Å². The van der Waals surface area contributed by atoms with Crippen LogP contribution >= 0.6 is 0 Å². The third kappa shape index (κ3) is 4.95. The van der Waals surface area contributed by atoms with E-state index in [9.17, 15) is 13.2 Å². The minimum absolute atomic E-state index is 0.0821. The normalized spacial score (nSPS) is 22.2. The van der Waals surface area contributed by atoms with E-state index in [0.717, 1.165) is 59.6 Å². The van der Waals surface area contributed by atoms with E-state index >= 15 is 0 Å². The number of likely N-dealkylation sites (tertiary alicyclic amines) is 1. The van der Waals surface area contributed by atoms with E-state index in [1.165, 1.54) is 0 Å². The molecule has 1 aliphatic carbocycles. The predicted octanol–water partition coefficient (Wildman–Crippen LogP) is 3.19. The molecule has 3 aliphatic rings. The Bertz CT molecular complexity index is 1390. The Labute approximate surface area is 219 Å². The molecule has 2 unspecified atom stereocenters. The first-order valence-electron chi connectivity index (χ1n) is 12.9. The van der Waals surface area contributed by atoms with Crippen molar-refractivity contribution in [2.45, 2.75) is 56.5 Å². The van der Waals surface area contributed by atoms with Crippen molar-refractivity contribution in [3.63, 3.8) is 0 Å². The summed E-state index contributed by atoms with van der Waals surface area (Å²) in [7, 11) is -1.52. The molecule has 1 saturated heterocycles. The number of amides is 1. The van der Waals surface area contributed by atoms with E-state index in [0.29, 0.717) is 12.1 Å². The van der Waals surface area contributed by atoms with Crippen LogP contribution in [0.25, 0.3) is 5.57 Å². The Kier molecular flexibility index (Phi) is 6.95. The molecule has 3 N–H and O–H groups in total. The molecule has 196 valence electrons. The van der Waals surface area contributed by atoms with E-state index < -0.39 is 10.0 Å². The minimum atomic E-state index is -3.63. The number of carbonyl (C=O) groups excluding carboxylic acids is 1. The summed E-state index contributed by atoms with van der Waals surface area (Å²) < 4.78 is 28.1. The smallest absolute Gasteiger partial charge is 0.251 e. The molecular formula is C28H35N5O3S. The van der Waals surface area contributed by atoms with Gasteiger partial charge in [-0.05, 0) is 87.3 Å². The lowest BCUT2D eigenvalue weighted by atomic mass is 9.75. The molecule has 5 rings (SSSR count). The maximum Gasteiger partial charge on any atom is 0.251 e. The van der Waals surface area contributed by atoms with Gasteiger partial charge >= 0.3 is 0 Å². The zero-order valence-corrected chi connectivity index (χ0v) is 22.7. The highest BCUT2D eigenvalue weighted by Gasteiger charge is 2.41. The van der Waals surface area contributed by atoms with E-state index in [4.69, 9.17) is 0 Å². The third-order valence-electron chi connectivity index (χ3n) is 7.65. The van der Waals surface area contributed by atoms with E-state index in [1.807, 2.05) is 32.2 Å². The Hall–Kier alpha value is -3.01. The van der Waals surface area contributed by atoms with Gasteiger partial charge in [-0.2, -0.15) is 0 Å². The highest BCUT2D eigenvalue weighted by atomic mass is 32.2. The molecule has 0 radical (unpaired) electrons. The molecule has 1 aromatic carbocycles. The molecule has 2 aromatic rings. The molecular weight excluding hydrogens is 486 g/mol. The second-order valence-corrected chi connectivity index (χ2v) is 12.1. The molecule has 0 saturated carbocycles. The van der Waals surface area contributed by atoms with Gasteiger partial charge in [-0.25, -0.2) is 18.1 Å². The maximum absolute atomic E-state index is 13.6. The number of sulfonamides is 1. The van der Waals surface area contributed by atoms with Crippen molar-refractivity contribution in [2.75, 3.05) is 32.0 Å². The lowest BCUT2D eigenvalue weighted by Gasteiger charge is -2.32. The fourth-order valence-corrected chi connectivity index (χ4v) is 6.72. The Morgan fingerprint density at radius 2 is 1.95 bits per heavy atom. The van der Waals surface area contributed by atoms with Crippen LogP contribution in [0, 0.1) is 6.92 Å². The van der Waals surface area contributed by atoms with Gasteiger partial charge in [-0.3, -0.25) is 4.79 Å². The minimum Gasteiger partial charge on any atom is -0.362 e. The predicted molar refractivity (Wildman–Crippen MR) is 146 cm³/mol. The van der Waals surface area contributed by atoms with Crippen LogP contribution in [0.2, 0.25) is 0 Å². The largest absolute Gasteiger partial charge is 0.362 e. The van der Waals surface area contributed by atoms with Crippen LogP contribution < -0.4 is 15.4 Å². The number of anilines is 1. The Morgan fingerprint density at radius 3 is 2.68 bits per heavy atom. The zero-order chi connectivity index (χ0) is 26.3. The number of rotatable bonds is 6. The zero-order valence-electron chi connectivity index (χ0n) is 21.8. The van der Waals surface area contributed by atoms with Gasteiger partial charge in [0.2, 0.25) is 10.0 Å². The van der Waals surface area contributed by atoms with Crippen molar-refractivity contribution in [2.24, 2.45) is 0 Å². The topological polar surface area (TPSA) is 103 Å². The van der Waals surface area contributed by atoms with Gasteiger partial charge in [0.1, 0.15) is 5.82 Å². The fourth-order valence-electron chi connectivity index (χ4n) is 5.63. The van der Waals surface area contributed by atoms with Crippen molar-refractivity contribution in [3.05, 3.63) is 70.4 Å². The average Bonchev–Trinajstić information content (AvgIpc) is 3.25. The molecule has 8 nitrogen and oxygen atoms in total. The Balaban J connectivity index is 1.57. The second-order valence-electron chi connectivity index (χ2n) is 10.3. The molecule has 0 bridgehead atoms. The van der Waals surface area contributed by atoms with Crippen LogP contribution in [-0.4, -0.2) is 63.0 Å². The van der Waals surface area contributed by atoms with Crippen molar-refractivity contribution in [3.8, 4) is 0 Å². The quantitative estimate of drug-likeness (QED) is 0.540. The summed E-state index contributed by atoms with van der Waals surface area (Å²) in [6, 6.07) is 9.11. The van der Waals surface area contributed by atoms with Gasteiger partial charge in [-0.1, -0.05) is 25.1 Å². The fraction of sp³-hybridized carbons (Fsp3) is 0.429. The number of piperidine rings is 1. The average molecular weight is 522 g/mol. The summed E-state index contributed by atoms with van der Waals surface area (Å²) in [6.45, 7) is 8.01. The van der Waals surface area contributed by atoms with Crippen LogP contribution in [0.15, 0.2) is 58.6 Å². The van der Waals surface area contributed by atoms with Crippen molar-refractivity contribution >= 4 is 27.3 Å². The number of pyridine rings is 1. The molecule has 1 aromatic heterocycles. The van der Waals surface area contributed by atoms with Gasteiger partial charge in [0.15, 0.2) is 0 Å². The van der Waals surface area contributed by atoms with Gasteiger partial charge in [0.25, 0.3) is 5.91 Å². The number of nitrogens with one attached hydrogen (secondary N) is 3. The van der Waals surface area contributed by atoms with Crippen molar-refractivity contribution in [1.82, 2.24) is 19.9 Å². The summed E-state index contributed by atoms with van der Waals surface area (Å²) in [6.07, 6.45) is 5.64. The molecule has 1 fully saturated rings. The highest BCUT2D eigenvalue weighted by molar-refractivity contribution is 7.89. The number of hydrogen-bond donors (Lipinski definition) is 3. The highest BCUT2D eigenvalue weighted by Crippen LogP contribution is 2.49. The molecule has 3 heterocycles. The van der Waals surface area contributed by atoms with Gasteiger partial charge in [0.05, 0.1) is 10.9 Å². The van der Waals surface area contributed by atoms with Crippen molar-refractivity contribution in [1.29, 1.82) is 0 Å². The van der Waals surface area contributed by atoms with Gasteiger partial charge in [-0.15, -0.1) is 0 Å². The van der Waals surface area contributed by atoms with Gasteiger partial charge < -0.3 is 15.5 Å². The van der Waals surface area contributed by atoms with Crippen LogP contribution in [0.5, 0.6) is 0 Å². The number of nitrogens with zero attached hydrogens (tertiary/aromatic N) is 2. The first-order chi connectivity index (χ1) is 17.7. The molecule has 0 spiro atoms. The number of carbonyl (C=O) groups is 1. The summed E-state index contributed by atoms with van der Waals surface area (Å²) >= 11 is 0. The van der Waals surface area contributed by atoms with Gasteiger partial charge in [0, 0.05) is 35.8 Å². The first kappa shape index (κ1) is 25.6.